The number of halogens is 1. The minimum Gasteiger partial charge on any atom is -0.334 e. The van der Waals surface area contributed by atoms with Crippen LogP contribution in [0.25, 0.3) is 0 Å². The molecular weight excluding hydrogens is 304 g/mol. The SMILES string of the molecule is Cc1ccc(NC(=O)NCc2ccc(Br)cc2)cc1. The number of anilines is 1. The minimum absolute atomic E-state index is 0.202. The Balaban J connectivity index is 1.84. The number of carbonyl (C=O) groups is 1. The van der Waals surface area contributed by atoms with Crippen molar-refractivity contribution >= 4 is 27.6 Å². The maximum Gasteiger partial charge on any atom is 0.319 e. The first-order valence-corrected chi connectivity index (χ1v) is 6.79. The van der Waals surface area contributed by atoms with Crippen LogP contribution in [-0.2, 0) is 6.54 Å². The predicted octanol–water partition coefficient (Wildman–Crippen LogP) is 4.08. The van der Waals surface area contributed by atoms with Gasteiger partial charge in [0.1, 0.15) is 0 Å². The first kappa shape index (κ1) is 13.6. The third-order valence-corrected chi connectivity index (χ3v) is 3.20. The van der Waals surface area contributed by atoms with Crippen LogP contribution in [0.1, 0.15) is 11.1 Å². The fourth-order valence-electron chi connectivity index (χ4n) is 1.60. The van der Waals surface area contributed by atoms with Crippen molar-refractivity contribution in [3.8, 4) is 0 Å². The standard InChI is InChI=1S/C15H15BrN2O/c1-11-2-8-14(9-3-11)18-15(19)17-10-12-4-6-13(16)7-5-12/h2-9H,10H2,1H3,(H2,17,18,19). The van der Waals surface area contributed by atoms with E-state index in [2.05, 4.69) is 26.6 Å². The topological polar surface area (TPSA) is 41.1 Å². The van der Waals surface area contributed by atoms with Crippen molar-refractivity contribution in [2.45, 2.75) is 13.5 Å². The van der Waals surface area contributed by atoms with Crippen molar-refractivity contribution < 1.29 is 4.79 Å². The molecule has 98 valence electrons. The van der Waals surface area contributed by atoms with Gasteiger partial charge in [0.15, 0.2) is 0 Å². The average molecular weight is 319 g/mol. The lowest BCUT2D eigenvalue weighted by molar-refractivity contribution is 0.251. The quantitative estimate of drug-likeness (QED) is 0.879. The van der Waals surface area contributed by atoms with Crippen LogP contribution in [0, 0.1) is 6.92 Å². The van der Waals surface area contributed by atoms with Crippen LogP contribution >= 0.6 is 15.9 Å². The van der Waals surface area contributed by atoms with Crippen molar-refractivity contribution in [1.29, 1.82) is 0 Å². The normalized spacial score (nSPS) is 10.0. The fraction of sp³-hybridized carbons (Fsp3) is 0.133. The number of hydrogen-bond acceptors (Lipinski definition) is 1. The van der Waals surface area contributed by atoms with Gasteiger partial charge in [-0.25, -0.2) is 4.79 Å². The number of amides is 2. The van der Waals surface area contributed by atoms with Gasteiger partial charge < -0.3 is 10.6 Å². The number of hydrogen-bond donors (Lipinski definition) is 2. The zero-order valence-electron chi connectivity index (χ0n) is 10.6. The third kappa shape index (κ3) is 4.41. The van der Waals surface area contributed by atoms with Gasteiger partial charge in [-0.2, -0.15) is 0 Å². The number of rotatable bonds is 3. The van der Waals surface area contributed by atoms with E-state index in [9.17, 15) is 4.79 Å². The predicted molar refractivity (Wildman–Crippen MR) is 81.2 cm³/mol. The number of urea groups is 1. The van der Waals surface area contributed by atoms with Gasteiger partial charge in [0.25, 0.3) is 0 Å². The lowest BCUT2D eigenvalue weighted by Gasteiger charge is -2.08. The summed E-state index contributed by atoms with van der Waals surface area (Å²) >= 11 is 3.38. The molecule has 0 aliphatic carbocycles. The molecule has 0 aliphatic heterocycles. The molecule has 0 saturated carbocycles. The van der Waals surface area contributed by atoms with E-state index in [1.807, 2.05) is 55.5 Å². The van der Waals surface area contributed by atoms with Crippen LogP contribution in [0.5, 0.6) is 0 Å². The zero-order valence-corrected chi connectivity index (χ0v) is 12.2. The molecule has 0 aliphatic rings. The van der Waals surface area contributed by atoms with Crippen LogP contribution in [0.15, 0.2) is 53.0 Å². The van der Waals surface area contributed by atoms with Gasteiger partial charge in [0.2, 0.25) is 0 Å². The van der Waals surface area contributed by atoms with Crippen molar-refractivity contribution in [1.82, 2.24) is 5.32 Å². The summed E-state index contributed by atoms with van der Waals surface area (Å²) in [5.74, 6) is 0. The second kappa shape index (κ2) is 6.38. The van der Waals surface area contributed by atoms with E-state index >= 15 is 0 Å². The monoisotopic (exact) mass is 318 g/mol. The van der Waals surface area contributed by atoms with E-state index in [4.69, 9.17) is 0 Å². The second-order valence-electron chi connectivity index (χ2n) is 4.30. The second-order valence-corrected chi connectivity index (χ2v) is 5.22. The Labute approximate surface area is 121 Å². The van der Waals surface area contributed by atoms with Crippen LogP contribution < -0.4 is 10.6 Å². The molecule has 4 heteroatoms. The summed E-state index contributed by atoms with van der Waals surface area (Å²) in [4.78, 5) is 11.7. The van der Waals surface area contributed by atoms with Gasteiger partial charge in [-0.15, -0.1) is 0 Å². The maximum absolute atomic E-state index is 11.7. The smallest absolute Gasteiger partial charge is 0.319 e. The van der Waals surface area contributed by atoms with Gasteiger partial charge >= 0.3 is 6.03 Å². The summed E-state index contributed by atoms with van der Waals surface area (Å²) in [5, 5.41) is 5.61. The maximum atomic E-state index is 11.7. The minimum atomic E-state index is -0.202. The van der Waals surface area contributed by atoms with Gasteiger partial charge in [-0.05, 0) is 36.8 Å². The molecule has 3 nitrogen and oxygen atoms in total. The molecule has 0 saturated heterocycles. The highest BCUT2D eigenvalue weighted by Crippen LogP contribution is 2.11. The molecule has 0 aromatic heterocycles. The van der Waals surface area contributed by atoms with Crippen LogP contribution in [0.4, 0.5) is 10.5 Å². The molecule has 2 amide bonds. The third-order valence-electron chi connectivity index (χ3n) is 2.68. The Morgan fingerprint density at radius 3 is 2.32 bits per heavy atom. The zero-order chi connectivity index (χ0) is 13.7. The summed E-state index contributed by atoms with van der Waals surface area (Å²) < 4.78 is 1.03. The molecule has 2 rings (SSSR count). The number of nitrogens with one attached hydrogen (secondary N) is 2. The summed E-state index contributed by atoms with van der Waals surface area (Å²) in [6.45, 7) is 2.52. The molecule has 19 heavy (non-hydrogen) atoms. The molecule has 0 fully saturated rings. The van der Waals surface area contributed by atoms with E-state index in [0.29, 0.717) is 6.54 Å². The Morgan fingerprint density at radius 1 is 1.05 bits per heavy atom. The molecule has 2 aromatic rings. The van der Waals surface area contributed by atoms with Crippen molar-refractivity contribution in [3.63, 3.8) is 0 Å². The molecule has 2 aromatic carbocycles. The number of benzene rings is 2. The highest BCUT2D eigenvalue weighted by Gasteiger charge is 2.01. The van der Waals surface area contributed by atoms with E-state index < -0.39 is 0 Å². The Morgan fingerprint density at radius 2 is 1.68 bits per heavy atom. The van der Waals surface area contributed by atoms with E-state index in [-0.39, 0.29) is 6.03 Å². The average Bonchev–Trinajstić information content (AvgIpc) is 2.41. The summed E-state index contributed by atoms with van der Waals surface area (Å²) in [6, 6.07) is 15.3. The largest absolute Gasteiger partial charge is 0.334 e. The lowest BCUT2D eigenvalue weighted by Crippen LogP contribution is -2.28. The van der Waals surface area contributed by atoms with Crippen molar-refractivity contribution in [2.24, 2.45) is 0 Å². The molecule has 2 N–H and O–H groups in total. The lowest BCUT2D eigenvalue weighted by atomic mass is 10.2. The molecule has 0 radical (unpaired) electrons. The van der Waals surface area contributed by atoms with E-state index in [0.717, 1.165) is 15.7 Å². The summed E-state index contributed by atoms with van der Waals surface area (Å²) in [7, 11) is 0. The van der Waals surface area contributed by atoms with E-state index in [1.165, 1.54) is 5.56 Å². The highest BCUT2D eigenvalue weighted by molar-refractivity contribution is 9.10. The van der Waals surface area contributed by atoms with Crippen molar-refractivity contribution in [2.75, 3.05) is 5.32 Å². The van der Waals surface area contributed by atoms with Crippen LogP contribution in [0.2, 0.25) is 0 Å². The number of carbonyl (C=O) groups excluding carboxylic acids is 1. The molecule has 0 bridgehead atoms. The first-order valence-electron chi connectivity index (χ1n) is 5.99. The van der Waals surface area contributed by atoms with Crippen LogP contribution in [0.3, 0.4) is 0 Å². The van der Waals surface area contributed by atoms with Gasteiger partial charge in [0, 0.05) is 16.7 Å². The number of aryl methyl sites for hydroxylation is 1. The molecule has 0 heterocycles. The van der Waals surface area contributed by atoms with Gasteiger partial charge in [-0.1, -0.05) is 45.8 Å². The highest BCUT2D eigenvalue weighted by atomic mass is 79.9. The molecular formula is C15H15BrN2O. The molecule has 0 spiro atoms. The Kier molecular flexibility index (Phi) is 4.58. The fourth-order valence-corrected chi connectivity index (χ4v) is 1.86. The van der Waals surface area contributed by atoms with Gasteiger partial charge in [-0.3, -0.25) is 0 Å². The van der Waals surface area contributed by atoms with E-state index in [1.54, 1.807) is 0 Å². The molecule has 0 atom stereocenters. The van der Waals surface area contributed by atoms with Gasteiger partial charge in [0.05, 0.1) is 0 Å². The van der Waals surface area contributed by atoms with Crippen molar-refractivity contribution in [3.05, 3.63) is 64.1 Å². The van der Waals surface area contributed by atoms with Crippen LogP contribution in [-0.4, -0.2) is 6.03 Å². The molecule has 0 unspecified atom stereocenters. The first-order chi connectivity index (χ1) is 9.13. The summed E-state index contributed by atoms with van der Waals surface area (Å²) in [6.07, 6.45) is 0. The summed E-state index contributed by atoms with van der Waals surface area (Å²) in [5.41, 5.74) is 3.02. The Hall–Kier alpha value is -1.81. The Bertz CT molecular complexity index is 549.